The monoisotopic (exact) mass is 352 g/mol. The third kappa shape index (κ3) is 3.43. The summed E-state index contributed by atoms with van der Waals surface area (Å²) in [7, 11) is -1.78. The maximum absolute atomic E-state index is 12.4. The smallest absolute Gasteiger partial charge is 0.346 e. The highest BCUT2D eigenvalue weighted by atomic mass is 32.2. The molecule has 0 aliphatic rings. The third-order valence-corrected chi connectivity index (χ3v) is 4.84. The lowest BCUT2D eigenvalue weighted by Crippen LogP contribution is -2.39. The fourth-order valence-corrected chi connectivity index (χ4v) is 3.22. The van der Waals surface area contributed by atoms with Crippen molar-refractivity contribution in [1.29, 1.82) is 0 Å². The molecule has 2 aromatic rings. The first-order valence-electron chi connectivity index (χ1n) is 7.25. The molecule has 1 aromatic heterocycles. The van der Waals surface area contributed by atoms with E-state index in [1.54, 1.807) is 12.1 Å². The van der Waals surface area contributed by atoms with Gasteiger partial charge in [-0.25, -0.2) is 4.79 Å². The van der Waals surface area contributed by atoms with Gasteiger partial charge >= 0.3 is 15.8 Å². The van der Waals surface area contributed by atoms with Crippen LogP contribution in [0.3, 0.4) is 0 Å². The Balaban J connectivity index is 2.43. The summed E-state index contributed by atoms with van der Waals surface area (Å²) < 4.78 is 31.5. The Morgan fingerprint density at radius 1 is 1.00 bits per heavy atom. The van der Waals surface area contributed by atoms with Crippen molar-refractivity contribution >= 4 is 10.1 Å². The van der Waals surface area contributed by atoms with Crippen LogP contribution in [0.1, 0.15) is 26.3 Å². The van der Waals surface area contributed by atoms with Crippen molar-refractivity contribution in [1.82, 2.24) is 9.13 Å². The minimum Gasteiger partial charge on any atom is -0.379 e. The van der Waals surface area contributed by atoms with Gasteiger partial charge < -0.3 is 8.75 Å². The summed E-state index contributed by atoms with van der Waals surface area (Å²) in [4.78, 5) is 23.1. The third-order valence-electron chi connectivity index (χ3n) is 3.61. The summed E-state index contributed by atoms with van der Waals surface area (Å²) in [6.45, 7) is 6.11. The van der Waals surface area contributed by atoms with Crippen LogP contribution in [0.25, 0.3) is 0 Å². The van der Waals surface area contributed by atoms with E-state index in [0.29, 0.717) is 0 Å². The van der Waals surface area contributed by atoms with Gasteiger partial charge in [0.2, 0.25) is 0 Å². The molecule has 0 radical (unpaired) electrons. The van der Waals surface area contributed by atoms with Gasteiger partial charge in [0.15, 0.2) is 4.90 Å². The van der Waals surface area contributed by atoms with Crippen molar-refractivity contribution in [2.24, 2.45) is 14.1 Å². The van der Waals surface area contributed by atoms with Crippen molar-refractivity contribution in [2.75, 3.05) is 0 Å². The SMILES string of the molecule is Cn1cc(S(=O)(=O)Oc2ccc(C(C)(C)C)cc2)c(=O)n(C)c1=O. The molecule has 0 saturated heterocycles. The number of rotatable bonds is 3. The molecule has 0 N–H and O–H groups in total. The fourth-order valence-electron chi connectivity index (χ4n) is 2.13. The number of nitrogens with zero attached hydrogens (tertiary/aromatic N) is 2. The standard InChI is InChI=1S/C16H20N2O5S/c1-16(2,3)11-6-8-12(9-7-11)23-24(21,22)13-10-17(4)15(20)18(5)14(13)19/h6-10H,1-5H3. The van der Waals surface area contributed by atoms with Gasteiger partial charge in [-0.05, 0) is 23.1 Å². The highest BCUT2D eigenvalue weighted by Crippen LogP contribution is 2.25. The van der Waals surface area contributed by atoms with Gasteiger partial charge in [0.1, 0.15) is 5.75 Å². The van der Waals surface area contributed by atoms with Gasteiger partial charge in [-0.1, -0.05) is 32.9 Å². The van der Waals surface area contributed by atoms with E-state index in [4.69, 9.17) is 4.18 Å². The first-order chi connectivity index (χ1) is 10.9. The van der Waals surface area contributed by atoms with E-state index >= 15 is 0 Å². The average Bonchev–Trinajstić information content (AvgIpc) is 2.48. The molecule has 1 heterocycles. The van der Waals surface area contributed by atoms with E-state index in [1.165, 1.54) is 26.2 Å². The Morgan fingerprint density at radius 3 is 2.04 bits per heavy atom. The van der Waals surface area contributed by atoms with E-state index in [9.17, 15) is 18.0 Å². The predicted molar refractivity (Wildman–Crippen MR) is 89.9 cm³/mol. The van der Waals surface area contributed by atoms with Crippen LogP contribution in [0.4, 0.5) is 0 Å². The first-order valence-corrected chi connectivity index (χ1v) is 8.66. The Hall–Kier alpha value is -2.35. The van der Waals surface area contributed by atoms with Gasteiger partial charge in [-0.2, -0.15) is 8.42 Å². The van der Waals surface area contributed by atoms with Gasteiger partial charge in [-0.3, -0.25) is 9.36 Å². The van der Waals surface area contributed by atoms with E-state index < -0.39 is 26.3 Å². The largest absolute Gasteiger partial charge is 0.379 e. The minimum atomic E-state index is -4.35. The van der Waals surface area contributed by atoms with E-state index in [2.05, 4.69) is 0 Å². The summed E-state index contributed by atoms with van der Waals surface area (Å²) in [6, 6.07) is 6.60. The zero-order valence-corrected chi connectivity index (χ0v) is 15.0. The number of hydrogen-bond acceptors (Lipinski definition) is 5. The quantitative estimate of drug-likeness (QED) is 0.773. The van der Waals surface area contributed by atoms with Crippen molar-refractivity contribution in [3.05, 3.63) is 56.9 Å². The van der Waals surface area contributed by atoms with Crippen LogP contribution in [0, 0.1) is 0 Å². The van der Waals surface area contributed by atoms with Gasteiger partial charge in [-0.15, -0.1) is 0 Å². The number of aryl methyl sites for hydroxylation is 1. The number of hydrogen-bond donors (Lipinski definition) is 0. The summed E-state index contributed by atoms with van der Waals surface area (Å²) in [5.74, 6) is 0.0962. The Morgan fingerprint density at radius 2 is 1.54 bits per heavy atom. The van der Waals surface area contributed by atoms with Crippen LogP contribution in [-0.4, -0.2) is 17.6 Å². The molecule has 0 spiro atoms. The lowest BCUT2D eigenvalue weighted by molar-refractivity contribution is 0.480. The van der Waals surface area contributed by atoms with Crippen LogP contribution in [0.5, 0.6) is 5.75 Å². The molecule has 0 saturated carbocycles. The topological polar surface area (TPSA) is 87.4 Å². The molecule has 0 unspecified atom stereocenters. The minimum absolute atomic E-state index is 0.0783. The summed E-state index contributed by atoms with van der Waals surface area (Å²) in [6.07, 6.45) is 0.962. The fraction of sp³-hybridized carbons (Fsp3) is 0.375. The average molecular weight is 352 g/mol. The lowest BCUT2D eigenvalue weighted by Gasteiger charge is -2.19. The summed E-state index contributed by atoms with van der Waals surface area (Å²) in [5.41, 5.74) is -0.603. The zero-order valence-electron chi connectivity index (χ0n) is 14.2. The second-order valence-corrected chi connectivity index (χ2v) is 8.08. The molecule has 7 nitrogen and oxygen atoms in total. The Bertz CT molecular complexity index is 977. The molecule has 2 rings (SSSR count). The van der Waals surface area contributed by atoms with Gasteiger partial charge in [0.25, 0.3) is 5.56 Å². The molecule has 0 atom stereocenters. The molecule has 0 fully saturated rings. The molecule has 0 aliphatic carbocycles. The molecule has 0 aliphatic heterocycles. The van der Waals surface area contributed by atoms with E-state index in [1.807, 2.05) is 20.8 Å². The highest BCUT2D eigenvalue weighted by molar-refractivity contribution is 7.87. The lowest BCUT2D eigenvalue weighted by atomic mass is 9.87. The van der Waals surface area contributed by atoms with Crippen LogP contribution < -0.4 is 15.4 Å². The number of aromatic nitrogens is 2. The Labute approximate surface area is 140 Å². The summed E-state index contributed by atoms with van der Waals surface area (Å²) >= 11 is 0. The van der Waals surface area contributed by atoms with Gasteiger partial charge in [0.05, 0.1) is 0 Å². The molecule has 24 heavy (non-hydrogen) atoms. The van der Waals surface area contributed by atoms with E-state index in [0.717, 1.165) is 20.9 Å². The highest BCUT2D eigenvalue weighted by Gasteiger charge is 2.24. The van der Waals surface area contributed by atoms with Crippen LogP contribution in [0.15, 0.2) is 44.9 Å². The molecule has 1 aromatic carbocycles. The molecular formula is C16H20N2O5S. The van der Waals surface area contributed by atoms with Crippen molar-refractivity contribution in [2.45, 2.75) is 31.1 Å². The second kappa shape index (κ2) is 5.94. The van der Waals surface area contributed by atoms with E-state index in [-0.39, 0.29) is 11.2 Å². The molecule has 0 bridgehead atoms. The van der Waals surface area contributed by atoms with Crippen molar-refractivity contribution < 1.29 is 12.6 Å². The number of benzene rings is 1. The maximum Gasteiger partial charge on any atom is 0.346 e. The van der Waals surface area contributed by atoms with Crippen LogP contribution >= 0.6 is 0 Å². The van der Waals surface area contributed by atoms with Crippen LogP contribution in [-0.2, 0) is 29.6 Å². The molecule has 0 amide bonds. The Kier molecular flexibility index (Phi) is 4.45. The van der Waals surface area contributed by atoms with Gasteiger partial charge in [0, 0.05) is 20.3 Å². The zero-order chi connectivity index (χ0) is 18.3. The predicted octanol–water partition coefficient (Wildman–Crippen LogP) is 1.15. The molecule has 130 valence electrons. The maximum atomic E-state index is 12.4. The first kappa shape index (κ1) is 18.0. The van der Waals surface area contributed by atoms with Crippen molar-refractivity contribution in [3.63, 3.8) is 0 Å². The molecular weight excluding hydrogens is 332 g/mol. The molecule has 8 heteroatoms. The summed E-state index contributed by atoms with van der Waals surface area (Å²) in [5, 5.41) is 0. The normalized spacial score (nSPS) is 12.2. The van der Waals surface area contributed by atoms with Crippen molar-refractivity contribution in [3.8, 4) is 5.75 Å². The van der Waals surface area contributed by atoms with Crippen LogP contribution in [0.2, 0.25) is 0 Å². The second-order valence-electron chi connectivity index (χ2n) is 6.56.